The van der Waals surface area contributed by atoms with Gasteiger partial charge in [0.15, 0.2) is 5.82 Å². The van der Waals surface area contributed by atoms with Crippen molar-refractivity contribution >= 4 is 11.7 Å². The zero-order chi connectivity index (χ0) is 19.7. The molecule has 8 nitrogen and oxygen atoms in total. The van der Waals surface area contributed by atoms with E-state index in [1.807, 2.05) is 43.9 Å². The molecule has 3 aromatic rings. The molecule has 1 N–H and O–H groups in total. The Kier molecular flexibility index (Phi) is 4.85. The molecule has 0 unspecified atom stereocenters. The van der Waals surface area contributed by atoms with Crippen molar-refractivity contribution in [2.75, 3.05) is 18.4 Å². The van der Waals surface area contributed by atoms with Crippen molar-refractivity contribution < 1.29 is 13.7 Å². The first-order valence-corrected chi connectivity index (χ1v) is 9.39. The Balaban J connectivity index is 1.41. The van der Waals surface area contributed by atoms with Crippen molar-refractivity contribution in [3.63, 3.8) is 0 Å². The van der Waals surface area contributed by atoms with Crippen molar-refractivity contribution in [1.82, 2.24) is 20.0 Å². The van der Waals surface area contributed by atoms with Crippen molar-refractivity contribution in [2.45, 2.75) is 39.5 Å². The molecule has 4 rings (SSSR count). The molecule has 2 aromatic heterocycles. The number of rotatable bonds is 3. The van der Waals surface area contributed by atoms with E-state index in [4.69, 9.17) is 8.94 Å². The van der Waals surface area contributed by atoms with Crippen LogP contribution in [-0.4, -0.2) is 39.1 Å². The second kappa shape index (κ2) is 7.46. The van der Waals surface area contributed by atoms with Gasteiger partial charge in [0.2, 0.25) is 11.8 Å². The number of urea groups is 1. The second-order valence-electron chi connectivity index (χ2n) is 7.20. The molecule has 1 aliphatic heterocycles. The number of hydrogen-bond acceptors (Lipinski definition) is 6. The van der Waals surface area contributed by atoms with Crippen LogP contribution in [0.4, 0.5) is 10.5 Å². The molecule has 1 fully saturated rings. The summed E-state index contributed by atoms with van der Waals surface area (Å²) in [6.07, 6.45) is 3.23. The number of nitrogens with one attached hydrogen (secondary N) is 1. The van der Waals surface area contributed by atoms with Gasteiger partial charge in [-0.3, -0.25) is 0 Å². The molecule has 28 heavy (non-hydrogen) atoms. The van der Waals surface area contributed by atoms with Gasteiger partial charge >= 0.3 is 6.03 Å². The minimum Gasteiger partial charge on any atom is -0.444 e. The SMILES string of the molecule is Cc1coc(-c2ccc(C)c(NC(=O)N3CCC(c4nc(C)no4)CC3)c2)n1. The summed E-state index contributed by atoms with van der Waals surface area (Å²) in [4.78, 5) is 23.2. The van der Waals surface area contributed by atoms with Crippen LogP contribution < -0.4 is 5.32 Å². The molecular formula is C20H23N5O3. The summed E-state index contributed by atoms with van der Waals surface area (Å²) in [5.74, 6) is 2.07. The molecule has 0 atom stereocenters. The minimum absolute atomic E-state index is 0.107. The Labute approximate surface area is 162 Å². The Morgan fingerprint density at radius 3 is 2.61 bits per heavy atom. The van der Waals surface area contributed by atoms with Crippen molar-refractivity contribution in [2.24, 2.45) is 0 Å². The van der Waals surface area contributed by atoms with Gasteiger partial charge in [-0.2, -0.15) is 4.98 Å². The summed E-state index contributed by atoms with van der Waals surface area (Å²) in [5.41, 5.74) is 3.39. The summed E-state index contributed by atoms with van der Waals surface area (Å²) in [5, 5.41) is 6.88. The second-order valence-corrected chi connectivity index (χ2v) is 7.20. The molecule has 3 heterocycles. The molecular weight excluding hydrogens is 358 g/mol. The fourth-order valence-electron chi connectivity index (χ4n) is 3.38. The molecule has 0 spiro atoms. The molecule has 0 aliphatic carbocycles. The van der Waals surface area contributed by atoms with Crippen LogP contribution in [0.2, 0.25) is 0 Å². The molecule has 0 radical (unpaired) electrons. The zero-order valence-electron chi connectivity index (χ0n) is 16.2. The van der Waals surface area contributed by atoms with Gasteiger partial charge in [0.05, 0.1) is 5.69 Å². The fraction of sp³-hybridized carbons (Fsp3) is 0.400. The zero-order valence-corrected chi connectivity index (χ0v) is 16.2. The summed E-state index contributed by atoms with van der Waals surface area (Å²) in [6, 6.07) is 5.68. The van der Waals surface area contributed by atoms with Gasteiger partial charge in [0, 0.05) is 30.3 Å². The third-order valence-electron chi connectivity index (χ3n) is 5.02. The van der Waals surface area contributed by atoms with E-state index in [9.17, 15) is 4.79 Å². The van der Waals surface area contributed by atoms with Crippen molar-refractivity contribution in [3.8, 4) is 11.5 Å². The average molecular weight is 381 g/mol. The number of likely N-dealkylation sites (tertiary alicyclic amines) is 1. The lowest BCUT2D eigenvalue weighted by Gasteiger charge is -2.30. The van der Waals surface area contributed by atoms with Crippen LogP contribution in [0.3, 0.4) is 0 Å². The lowest BCUT2D eigenvalue weighted by atomic mass is 9.97. The Morgan fingerprint density at radius 2 is 1.96 bits per heavy atom. The summed E-state index contributed by atoms with van der Waals surface area (Å²) in [6.45, 7) is 6.95. The van der Waals surface area contributed by atoms with E-state index in [-0.39, 0.29) is 11.9 Å². The van der Waals surface area contributed by atoms with Gasteiger partial charge < -0.3 is 19.2 Å². The lowest BCUT2D eigenvalue weighted by Crippen LogP contribution is -2.40. The van der Waals surface area contributed by atoms with Gasteiger partial charge in [-0.1, -0.05) is 11.2 Å². The number of hydrogen-bond donors (Lipinski definition) is 1. The van der Waals surface area contributed by atoms with E-state index in [0.717, 1.165) is 35.3 Å². The van der Waals surface area contributed by atoms with E-state index >= 15 is 0 Å². The van der Waals surface area contributed by atoms with Crippen molar-refractivity contribution in [1.29, 1.82) is 0 Å². The minimum atomic E-state index is -0.107. The summed E-state index contributed by atoms with van der Waals surface area (Å²) in [7, 11) is 0. The number of amides is 2. The molecule has 2 amide bonds. The number of carbonyl (C=O) groups excluding carboxylic acids is 1. The van der Waals surface area contributed by atoms with E-state index in [1.54, 1.807) is 6.26 Å². The average Bonchev–Trinajstić information content (AvgIpc) is 3.32. The van der Waals surface area contributed by atoms with Gasteiger partial charge in [-0.15, -0.1) is 0 Å². The highest BCUT2D eigenvalue weighted by molar-refractivity contribution is 5.91. The molecule has 0 bridgehead atoms. The van der Waals surface area contributed by atoms with E-state index in [2.05, 4.69) is 20.4 Å². The van der Waals surface area contributed by atoms with Gasteiger partial charge in [-0.25, -0.2) is 9.78 Å². The van der Waals surface area contributed by atoms with Crippen LogP contribution in [0, 0.1) is 20.8 Å². The normalized spacial score (nSPS) is 15.0. The molecule has 146 valence electrons. The number of nitrogens with zero attached hydrogens (tertiary/aromatic N) is 4. The van der Waals surface area contributed by atoms with Crippen LogP contribution in [0.25, 0.3) is 11.5 Å². The lowest BCUT2D eigenvalue weighted by molar-refractivity contribution is 0.187. The topological polar surface area (TPSA) is 97.3 Å². The van der Waals surface area contributed by atoms with Gasteiger partial charge in [0.1, 0.15) is 6.26 Å². The van der Waals surface area contributed by atoms with Gasteiger partial charge in [-0.05, 0) is 51.3 Å². The van der Waals surface area contributed by atoms with E-state index in [1.165, 1.54) is 0 Å². The number of carbonyl (C=O) groups is 1. The number of aryl methyl sites for hydroxylation is 3. The monoisotopic (exact) mass is 381 g/mol. The molecule has 0 saturated carbocycles. The third kappa shape index (κ3) is 3.76. The highest BCUT2D eigenvalue weighted by Gasteiger charge is 2.27. The quantitative estimate of drug-likeness (QED) is 0.735. The van der Waals surface area contributed by atoms with E-state index in [0.29, 0.717) is 30.7 Å². The number of anilines is 1. The molecule has 8 heteroatoms. The molecule has 1 aliphatic rings. The fourth-order valence-corrected chi connectivity index (χ4v) is 3.38. The largest absolute Gasteiger partial charge is 0.444 e. The van der Waals surface area contributed by atoms with Crippen LogP contribution in [0.15, 0.2) is 33.4 Å². The first kappa shape index (κ1) is 18.2. The van der Waals surface area contributed by atoms with Gasteiger partial charge in [0.25, 0.3) is 0 Å². The van der Waals surface area contributed by atoms with Crippen LogP contribution in [0.1, 0.15) is 41.7 Å². The molecule has 1 aromatic carbocycles. The molecule has 1 saturated heterocycles. The summed E-state index contributed by atoms with van der Waals surface area (Å²) >= 11 is 0. The maximum absolute atomic E-state index is 12.7. The van der Waals surface area contributed by atoms with Crippen LogP contribution in [0.5, 0.6) is 0 Å². The van der Waals surface area contributed by atoms with Crippen LogP contribution >= 0.6 is 0 Å². The van der Waals surface area contributed by atoms with Crippen molar-refractivity contribution in [3.05, 3.63) is 47.4 Å². The first-order valence-electron chi connectivity index (χ1n) is 9.39. The standard InChI is InChI=1S/C20H23N5O3/c1-12-4-5-16(18-21-13(2)11-27-18)10-17(12)23-20(26)25-8-6-15(7-9-25)19-22-14(3)24-28-19/h4-5,10-11,15H,6-9H2,1-3H3,(H,23,26). The van der Waals surface area contributed by atoms with Crippen LogP contribution in [-0.2, 0) is 0 Å². The first-order chi connectivity index (χ1) is 13.5. The predicted molar refractivity (Wildman–Crippen MR) is 103 cm³/mol. The smallest absolute Gasteiger partial charge is 0.321 e. The highest BCUT2D eigenvalue weighted by atomic mass is 16.5. The number of benzene rings is 1. The Bertz CT molecular complexity index is 985. The third-order valence-corrected chi connectivity index (χ3v) is 5.02. The predicted octanol–water partition coefficient (Wildman–Crippen LogP) is 4.06. The number of aromatic nitrogens is 3. The number of piperidine rings is 1. The Morgan fingerprint density at radius 1 is 1.18 bits per heavy atom. The highest BCUT2D eigenvalue weighted by Crippen LogP contribution is 2.28. The maximum Gasteiger partial charge on any atom is 0.321 e. The van der Waals surface area contributed by atoms with E-state index < -0.39 is 0 Å². The number of oxazole rings is 1. The maximum atomic E-state index is 12.7. The Hall–Kier alpha value is -3.16. The summed E-state index contributed by atoms with van der Waals surface area (Å²) < 4.78 is 10.7.